The molecule has 5 heteroatoms. The molecule has 112 valence electrons. The minimum absolute atomic E-state index is 0.137. The molecule has 21 heavy (non-hydrogen) atoms. The Bertz CT molecular complexity index is 585. The summed E-state index contributed by atoms with van der Waals surface area (Å²) in [6, 6.07) is 13.7. The van der Waals surface area contributed by atoms with Crippen molar-refractivity contribution in [3.63, 3.8) is 0 Å². The number of esters is 1. The molecular weight excluding hydrogens is 306 g/mol. The zero-order valence-corrected chi connectivity index (χ0v) is 13.6. The van der Waals surface area contributed by atoms with Crippen molar-refractivity contribution in [1.82, 2.24) is 5.32 Å². The first kappa shape index (κ1) is 16.0. The lowest BCUT2D eigenvalue weighted by atomic mass is 9.99. The highest BCUT2D eigenvalue weighted by Gasteiger charge is 2.22. The van der Waals surface area contributed by atoms with Crippen molar-refractivity contribution in [1.29, 1.82) is 0 Å². The van der Waals surface area contributed by atoms with E-state index in [-0.39, 0.29) is 17.9 Å². The molecule has 0 saturated carbocycles. The van der Waals surface area contributed by atoms with Crippen LogP contribution in [0.5, 0.6) is 0 Å². The minimum Gasteiger partial charge on any atom is -0.469 e. The number of hydrogen-bond acceptors (Lipinski definition) is 4. The number of carbonyl (C=O) groups excluding carboxylic acids is 1. The van der Waals surface area contributed by atoms with Crippen LogP contribution in [0.1, 0.15) is 29.3 Å². The van der Waals surface area contributed by atoms with Gasteiger partial charge in [0.15, 0.2) is 0 Å². The van der Waals surface area contributed by atoms with E-state index in [1.165, 1.54) is 7.11 Å². The molecule has 0 spiro atoms. The molecule has 2 atom stereocenters. The van der Waals surface area contributed by atoms with E-state index in [1.807, 2.05) is 42.5 Å². The molecule has 0 aliphatic rings. The van der Waals surface area contributed by atoms with Crippen LogP contribution in [-0.4, -0.2) is 19.6 Å². The number of ether oxygens (including phenoxy) is 1. The second kappa shape index (κ2) is 7.59. The highest BCUT2D eigenvalue weighted by Crippen LogP contribution is 2.27. The van der Waals surface area contributed by atoms with Crippen molar-refractivity contribution >= 4 is 28.9 Å². The zero-order chi connectivity index (χ0) is 15.2. The van der Waals surface area contributed by atoms with Crippen molar-refractivity contribution in [2.75, 3.05) is 13.7 Å². The first-order valence-corrected chi connectivity index (χ1v) is 7.92. The van der Waals surface area contributed by atoms with Gasteiger partial charge in [0, 0.05) is 17.5 Å². The van der Waals surface area contributed by atoms with Crippen LogP contribution in [0.3, 0.4) is 0 Å². The fourth-order valence-electron chi connectivity index (χ4n) is 2.12. The fourth-order valence-corrected chi connectivity index (χ4v) is 3.21. The zero-order valence-electron chi connectivity index (χ0n) is 12.0. The Kier molecular flexibility index (Phi) is 5.79. The maximum Gasteiger partial charge on any atom is 0.314 e. The number of carbonyl (C=O) groups is 1. The number of halogens is 1. The van der Waals surface area contributed by atoms with Gasteiger partial charge in [-0.05, 0) is 24.6 Å². The molecule has 1 heterocycles. The molecule has 2 rings (SSSR count). The SMILES string of the molecule is COC(=O)C(CNC(C)c1ccc(Cl)s1)c1ccccc1. The van der Waals surface area contributed by atoms with Gasteiger partial charge in [0.05, 0.1) is 17.4 Å². The van der Waals surface area contributed by atoms with Gasteiger partial charge in [0.25, 0.3) is 0 Å². The predicted molar refractivity (Wildman–Crippen MR) is 86.9 cm³/mol. The summed E-state index contributed by atoms with van der Waals surface area (Å²) in [4.78, 5) is 13.1. The van der Waals surface area contributed by atoms with Gasteiger partial charge in [-0.25, -0.2) is 0 Å². The largest absolute Gasteiger partial charge is 0.469 e. The van der Waals surface area contributed by atoms with E-state index in [2.05, 4.69) is 12.2 Å². The van der Waals surface area contributed by atoms with Crippen LogP contribution in [0.15, 0.2) is 42.5 Å². The smallest absolute Gasteiger partial charge is 0.314 e. The molecule has 0 aliphatic heterocycles. The second-order valence-electron chi connectivity index (χ2n) is 4.76. The third kappa shape index (κ3) is 4.30. The molecule has 0 bridgehead atoms. The summed E-state index contributed by atoms with van der Waals surface area (Å²) in [5, 5.41) is 3.38. The van der Waals surface area contributed by atoms with Crippen molar-refractivity contribution in [3.8, 4) is 0 Å². The standard InChI is InChI=1S/C16H18ClNO2S/c1-11(14-8-9-15(17)21-14)18-10-13(16(19)20-2)12-6-4-3-5-7-12/h3-9,11,13,18H,10H2,1-2H3. The van der Waals surface area contributed by atoms with Crippen LogP contribution in [0.2, 0.25) is 4.34 Å². The van der Waals surface area contributed by atoms with Gasteiger partial charge in [-0.1, -0.05) is 41.9 Å². The molecule has 1 N–H and O–H groups in total. The summed E-state index contributed by atoms with van der Waals surface area (Å²) in [6.07, 6.45) is 0. The highest BCUT2D eigenvalue weighted by molar-refractivity contribution is 7.16. The Morgan fingerprint density at radius 3 is 2.57 bits per heavy atom. The molecule has 2 aromatic rings. The molecule has 0 saturated heterocycles. The summed E-state index contributed by atoms with van der Waals surface area (Å²) in [5.41, 5.74) is 0.952. The number of hydrogen-bond donors (Lipinski definition) is 1. The number of methoxy groups -OCH3 is 1. The van der Waals surface area contributed by atoms with Gasteiger partial charge in [-0.2, -0.15) is 0 Å². The summed E-state index contributed by atoms with van der Waals surface area (Å²) < 4.78 is 5.68. The van der Waals surface area contributed by atoms with Gasteiger partial charge in [0.1, 0.15) is 0 Å². The fraction of sp³-hybridized carbons (Fsp3) is 0.312. The molecule has 0 aliphatic carbocycles. The topological polar surface area (TPSA) is 38.3 Å². The third-order valence-corrected chi connectivity index (χ3v) is 4.75. The summed E-state index contributed by atoms with van der Waals surface area (Å²) in [6.45, 7) is 2.58. The van der Waals surface area contributed by atoms with E-state index in [0.717, 1.165) is 14.8 Å². The van der Waals surface area contributed by atoms with Crippen LogP contribution in [-0.2, 0) is 9.53 Å². The molecule has 0 radical (unpaired) electrons. The normalized spacial score (nSPS) is 13.7. The minimum atomic E-state index is -0.311. The van der Waals surface area contributed by atoms with Gasteiger partial charge >= 0.3 is 5.97 Å². The van der Waals surface area contributed by atoms with Gasteiger partial charge < -0.3 is 10.1 Å². The van der Waals surface area contributed by atoms with E-state index in [0.29, 0.717) is 6.54 Å². The van der Waals surface area contributed by atoms with E-state index in [1.54, 1.807) is 11.3 Å². The Balaban J connectivity index is 2.04. The van der Waals surface area contributed by atoms with E-state index in [9.17, 15) is 4.79 Å². The van der Waals surface area contributed by atoms with Crippen LogP contribution in [0.25, 0.3) is 0 Å². The Labute approximate surface area is 133 Å². The summed E-state index contributed by atoms with van der Waals surface area (Å²) in [7, 11) is 1.42. The van der Waals surface area contributed by atoms with Gasteiger partial charge in [0.2, 0.25) is 0 Å². The van der Waals surface area contributed by atoms with Crippen molar-refractivity contribution in [2.24, 2.45) is 0 Å². The van der Waals surface area contributed by atoms with E-state index < -0.39 is 0 Å². The quantitative estimate of drug-likeness (QED) is 0.816. The average molecular weight is 324 g/mol. The molecular formula is C16H18ClNO2S. The van der Waals surface area contributed by atoms with E-state index >= 15 is 0 Å². The monoisotopic (exact) mass is 323 g/mol. The Hall–Kier alpha value is -1.36. The number of rotatable bonds is 6. The molecule has 1 aromatic heterocycles. The lowest BCUT2D eigenvalue weighted by Gasteiger charge is -2.19. The third-order valence-electron chi connectivity index (χ3n) is 3.34. The number of thiophene rings is 1. The van der Waals surface area contributed by atoms with Crippen molar-refractivity contribution in [3.05, 3.63) is 57.2 Å². The second-order valence-corrected chi connectivity index (χ2v) is 6.50. The molecule has 0 fully saturated rings. The van der Waals surface area contributed by atoms with Crippen LogP contribution in [0, 0.1) is 0 Å². The molecule has 1 aromatic carbocycles. The van der Waals surface area contributed by atoms with Crippen LogP contribution in [0.4, 0.5) is 0 Å². The lowest BCUT2D eigenvalue weighted by molar-refractivity contribution is -0.142. The predicted octanol–water partition coefficient (Wildman–Crippen LogP) is 4.01. The Morgan fingerprint density at radius 1 is 1.29 bits per heavy atom. The molecule has 3 nitrogen and oxygen atoms in total. The van der Waals surface area contributed by atoms with Crippen molar-refractivity contribution in [2.45, 2.75) is 18.9 Å². The maximum atomic E-state index is 12.0. The summed E-state index contributed by atoms with van der Waals surface area (Å²) in [5.74, 6) is -0.542. The molecule has 2 unspecified atom stereocenters. The van der Waals surface area contributed by atoms with Crippen LogP contribution < -0.4 is 5.32 Å². The maximum absolute atomic E-state index is 12.0. The average Bonchev–Trinajstić information content (AvgIpc) is 2.94. The summed E-state index contributed by atoms with van der Waals surface area (Å²) >= 11 is 7.50. The number of nitrogens with one attached hydrogen (secondary N) is 1. The first-order valence-electron chi connectivity index (χ1n) is 6.73. The van der Waals surface area contributed by atoms with Gasteiger partial charge in [-0.15, -0.1) is 11.3 Å². The number of benzene rings is 1. The highest BCUT2D eigenvalue weighted by atomic mass is 35.5. The Morgan fingerprint density at radius 2 is 2.00 bits per heavy atom. The lowest BCUT2D eigenvalue weighted by Crippen LogP contribution is -2.29. The van der Waals surface area contributed by atoms with E-state index in [4.69, 9.17) is 16.3 Å². The molecule has 0 amide bonds. The van der Waals surface area contributed by atoms with Gasteiger partial charge in [-0.3, -0.25) is 4.79 Å². The van der Waals surface area contributed by atoms with Crippen molar-refractivity contribution < 1.29 is 9.53 Å². The first-order chi connectivity index (χ1) is 10.1. The van der Waals surface area contributed by atoms with Crippen LogP contribution >= 0.6 is 22.9 Å².